The molecule has 0 atom stereocenters. The molecule has 88 valence electrons. The van der Waals surface area contributed by atoms with Crippen LogP contribution in [0.2, 0.25) is 10.0 Å². The fourth-order valence-electron chi connectivity index (χ4n) is 1.34. The van der Waals surface area contributed by atoms with Crippen molar-refractivity contribution >= 4 is 29.0 Å². The molecule has 1 heterocycles. The van der Waals surface area contributed by atoms with Crippen LogP contribution in [0.15, 0.2) is 36.5 Å². The van der Waals surface area contributed by atoms with Crippen molar-refractivity contribution in [1.82, 2.24) is 4.98 Å². The van der Waals surface area contributed by atoms with Crippen molar-refractivity contribution < 1.29 is 4.74 Å². The molecular weight excluding hydrogens is 259 g/mol. The molecule has 0 bridgehead atoms. The fraction of sp³-hybridized carbons (Fsp3) is 0.0833. The quantitative estimate of drug-likeness (QED) is 0.926. The first-order valence-corrected chi connectivity index (χ1v) is 5.70. The Balaban J connectivity index is 2.16. The predicted octanol–water partition coefficient (Wildman–Crippen LogP) is 3.55. The van der Waals surface area contributed by atoms with E-state index in [1.165, 1.54) is 0 Å². The van der Waals surface area contributed by atoms with Crippen molar-refractivity contribution in [2.45, 2.75) is 6.61 Å². The van der Waals surface area contributed by atoms with Gasteiger partial charge in [0.15, 0.2) is 5.75 Å². The van der Waals surface area contributed by atoms with Gasteiger partial charge in [0.2, 0.25) is 0 Å². The van der Waals surface area contributed by atoms with E-state index in [1.807, 2.05) is 6.07 Å². The van der Waals surface area contributed by atoms with E-state index in [9.17, 15) is 0 Å². The summed E-state index contributed by atoms with van der Waals surface area (Å²) in [5.41, 5.74) is 6.50. The van der Waals surface area contributed by atoms with Gasteiger partial charge in [0.25, 0.3) is 0 Å². The van der Waals surface area contributed by atoms with Crippen molar-refractivity contribution in [1.29, 1.82) is 0 Å². The summed E-state index contributed by atoms with van der Waals surface area (Å²) < 4.78 is 5.55. The largest absolute Gasteiger partial charge is 0.486 e. The Bertz CT molecular complexity index is 511. The Labute approximate surface area is 109 Å². The summed E-state index contributed by atoms with van der Waals surface area (Å²) in [7, 11) is 0. The molecule has 0 unspecified atom stereocenters. The van der Waals surface area contributed by atoms with Gasteiger partial charge in [-0.05, 0) is 18.2 Å². The molecule has 0 radical (unpaired) electrons. The summed E-state index contributed by atoms with van der Waals surface area (Å²) in [4.78, 5) is 3.97. The summed E-state index contributed by atoms with van der Waals surface area (Å²) >= 11 is 12.0. The molecule has 0 saturated carbocycles. The van der Waals surface area contributed by atoms with Crippen molar-refractivity contribution in [3.05, 3.63) is 52.1 Å². The number of aromatic nitrogens is 1. The number of nitrogen functional groups attached to an aromatic ring is 1. The third kappa shape index (κ3) is 2.81. The third-order valence-electron chi connectivity index (χ3n) is 2.22. The molecule has 2 N–H and O–H groups in total. The second kappa shape index (κ2) is 5.25. The Kier molecular flexibility index (Phi) is 3.71. The first-order chi connectivity index (χ1) is 8.18. The van der Waals surface area contributed by atoms with Gasteiger partial charge in [0.1, 0.15) is 12.4 Å². The normalized spacial score (nSPS) is 10.2. The van der Waals surface area contributed by atoms with Crippen molar-refractivity contribution in [3.63, 3.8) is 0 Å². The van der Waals surface area contributed by atoms with Crippen LogP contribution < -0.4 is 10.5 Å². The predicted molar refractivity (Wildman–Crippen MR) is 69.4 cm³/mol. The van der Waals surface area contributed by atoms with Gasteiger partial charge in [-0.25, -0.2) is 4.98 Å². The maximum atomic E-state index is 5.98. The Morgan fingerprint density at radius 3 is 2.47 bits per heavy atom. The minimum absolute atomic E-state index is 0.281. The molecule has 1 aromatic heterocycles. The summed E-state index contributed by atoms with van der Waals surface area (Å²) in [6.45, 7) is 0.281. The number of anilines is 1. The lowest BCUT2D eigenvalue weighted by molar-refractivity contribution is 0.307. The van der Waals surface area contributed by atoms with Crippen molar-refractivity contribution in [3.8, 4) is 5.75 Å². The van der Waals surface area contributed by atoms with Crippen LogP contribution in [-0.4, -0.2) is 4.98 Å². The van der Waals surface area contributed by atoms with Crippen LogP contribution >= 0.6 is 23.2 Å². The van der Waals surface area contributed by atoms with Crippen molar-refractivity contribution in [2.24, 2.45) is 0 Å². The fourth-order valence-corrected chi connectivity index (χ4v) is 1.85. The molecule has 0 saturated heterocycles. The minimum atomic E-state index is 0.281. The Morgan fingerprint density at radius 1 is 1.12 bits per heavy atom. The first-order valence-electron chi connectivity index (χ1n) is 4.94. The standard InChI is InChI=1S/C12H10Cl2N2O/c13-9-4-1-5-10(14)11(9)17-7-8-3-2-6-16-12(8)15/h1-6H,7H2,(H2,15,16). The SMILES string of the molecule is Nc1ncccc1COc1c(Cl)cccc1Cl. The zero-order chi connectivity index (χ0) is 12.3. The molecule has 2 rings (SSSR count). The number of nitrogens with two attached hydrogens (primary N) is 1. The highest BCUT2D eigenvalue weighted by Gasteiger charge is 2.07. The van der Waals surface area contributed by atoms with Gasteiger partial charge in [-0.15, -0.1) is 0 Å². The molecular formula is C12H10Cl2N2O. The van der Waals surface area contributed by atoms with Crippen LogP contribution in [0.3, 0.4) is 0 Å². The average molecular weight is 269 g/mol. The van der Waals surface area contributed by atoms with E-state index >= 15 is 0 Å². The summed E-state index contributed by atoms with van der Waals surface area (Å²) in [6, 6.07) is 8.83. The van der Waals surface area contributed by atoms with Gasteiger partial charge in [-0.1, -0.05) is 35.3 Å². The molecule has 1 aromatic carbocycles. The van der Waals surface area contributed by atoms with Crippen molar-refractivity contribution in [2.75, 3.05) is 5.73 Å². The number of halogens is 2. The van der Waals surface area contributed by atoms with Crippen LogP contribution in [-0.2, 0) is 6.61 Å². The van der Waals surface area contributed by atoms with Gasteiger partial charge in [-0.2, -0.15) is 0 Å². The number of hydrogen-bond donors (Lipinski definition) is 1. The van der Waals surface area contributed by atoms with E-state index in [0.717, 1.165) is 5.56 Å². The zero-order valence-electron chi connectivity index (χ0n) is 8.86. The van der Waals surface area contributed by atoms with Crippen LogP contribution in [0.5, 0.6) is 5.75 Å². The monoisotopic (exact) mass is 268 g/mol. The molecule has 0 spiro atoms. The first kappa shape index (κ1) is 12.0. The lowest BCUT2D eigenvalue weighted by Gasteiger charge is -2.10. The van der Waals surface area contributed by atoms with E-state index in [4.69, 9.17) is 33.7 Å². The summed E-state index contributed by atoms with van der Waals surface area (Å²) in [5.74, 6) is 0.898. The third-order valence-corrected chi connectivity index (χ3v) is 2.81. The highest BCUT2D eigenvalue weighted by atomic mass is 35.5. The number of para-hydroxylation sites is 1. The Hall–Kier alpha value is -1.45. The number of rotatable bonds is 3. The second-order valence-electron chi connectivity index (χ2n) is 3.39. The second-order valence-corrected chi connectivity index (χ2v) is 4.20. The topological polar surface area (TPSA) is 48.1 Å². The van der Waals surface area contributed by atoms with E-state index < -0.39 is 0 Å². The van der Waals surface area contributed by atoms with E-state index in [0.29, 0.717) is 21.6 Å². The maximum absolute atomic E-state index is 5.98. The van der Waals surface area contributed by atoms with Crippen LogP contribution in [0.4, 0.5) is 5.82 Å². The van der Waals surface area contributed by atoms with E-state index in [-0.39, 0.29) is 6.61 Å². The number of ether oxygens (including phenoxy) is 1. The number of hydrogen-bond acceptors (Lipinski definition) is 3. The molecule has 0 aliphatic heterocycles. The van der Waals surface area contributed by atoms with Crippen LogP contribution in [0.25, 0.3) is 0 Å². The molecule has 5 heteroatoms. The van der Waals surface area contributed by atoms with Gasteiger partial charge in [0, 0.05) is 11.8 Å². The molecule has 0 aliphatic carbocycles. The van der Waals surface area contributed by atoms with Gasteiger partial charge in [0.05, 0.1) is 10.0 Å². The number of nitrogens with zero attached hydrogens (tertiary/aromatic N) is 1. The molecule has 2 aromatic rings. The summed E-state index contributed by atoms with van der Waals surface area (Å²) in [5, 5.41) is 0.944. The summed E-state index contributed by atoms with van der Waals surface area (Å²) in [6.07, 6.45) is 1.63. The Morgan fingerprint density at radius 2 is 1.82 bits per heavy atom. The lowest BCUT2D eigenvalue weighted by Crippen LogP contribution is -2.02. The smallest absolute Gasteiger partial charge is 0.156 e. The highest BCUT2D eigenvalue weighted by Crippen LogP contribution is 2.33. The van der Waals surface area contributed by atoms with Gasteiger partial charge in [-0.3, -0.25) is 0 Å². The van der Waals surface area contributed by atoms with Crippen LogP contribution in [0.1, 0.15) is 5.56 Å². The molecule has 0 amide bonds. The average Bonchev–Trinajstić information content (AvgIpc) is 2.30. The van der Waals surface area contributed by atoms with Crippen LogP contribution in [0, 0.1) is 0 Å². The molecule has 17 heavy (non-hydrogen) atoms. The zero-order valence-corrected chi connectivity index (χ0v) is 10.4. The highest BCUT2D eigenvalue weighted by molar-refractivity contribution is 6.37. The minimum Gasteiger partial charge on any atom is -0.486 e. The molecule has 3 nitrogen and oxygen atoms in total. The van der Waals surface area contributed by atoms with E-state index in [2.05, 4.69) is 4.98 Å². The number of pyridine rings is 1. The van der Waals surface area contributed by atoms with Gasteiger partial charge >= 0.3 is 0 Å². The number of benzene rings is 1. The lowest BCUT2D eigenvalue weighted by atomic mass is 10.3. The van der Waals surface area contributed by atoms with Gasteiger partial charge < -0.3 is 10.5 Å². The molecule has 0 fully saturated rings. The maximum Gasteiger partial charge on any atom is 0.156 e. The van der Waals surface area contributed by atoms with E-state index in [1.54, 1.807) is 30.5 Å². The molecule has 0 aliphatic rings.